The molecule has 0 unspecified atom stereocenters. The summed E-state index contributed by atoms with van der Waals surface area (Å²) in [6.45, 7) is 5.04. The Hall–Kier alpha value is -2.04. The monoisotopic (exact) mass is 418 g/mol. The van der Waals surface area contributed by atoms with E-state index in [1.54, 1.807) is 21.4 Å². The Morgan fingerprint density at radius 2 is 2.00 bits per heavy atom. The van der Waals surface area contributed by atoms with Crippen LogP contribution in [0, 0.1) is 0 Å². The fourth-order valence-electron chi connectivity index (χ4n) is 4.22. The molecule has 9 nitrogen and oxygen atoms in total. The normalized spacial score (nSPS) is 25.8. The lowest BCUT2D eigenvalue weighted by Crippen LogP contribution is -2.51. The molecule has 0 aromatic carbocycles. The van der Waals surface area contributed by atoms with Gasteiger partial charge in [0.25, 0.3) is 0 Å². The van der Waals surface area contributed by atoms with Gasteiger partial charge in [0.1, 0.15) is 11.0 Å². The molecule has 156 valence electrons. The van der Waals surface area contributed by atoms with E-state index in [2.05, 4.69) is 20.0 Å². The first-order valence-corrected chi connectivity index (χ1v) is 11.7. The molecule has 0 amide bonds. The maximum atomic E-state index is 13.0. The minimum absolute atomic E-state index is 0.00608. The zero-order valence-corrected chi connectivity index (χ0v) is 17.3. The maximum absolute atomic E-state index is 13.0. The van der Waals surface area contributed by atoms with Gasteiger partial charge >= 0.3 is 0 Å². The summed E-state index contributed by atoms with van der Waals surface area (Å²) >= 11 is 0. The van der Waals surface area contributed by atoms with Crippen LogP contribution in [0.25, 0.3) is 0 Å². The molecule has 3 fully saturated rings. The first-order valence-electron chi connectivity index (χ1n) is 10.3. The molecule has 0 radical (unpaired) electrons. The Morgan fingerprint density at radius 1 is 1.14 bits per heavy atom. The van der Waals surface area contributed by atoms with Gasteiger partial charge in [-0.2, -0.15) is 9.40 Å². The van der Waals surface area contributed by atoms with Crippen LogP contribution in [0.15, 0.2) is 29.7 Å². The van der Waals surface area contributed by atoms with Crippen molar-refractivity contribution in [2.24, 2.45) is 0 Å². The van der Waals surface area contributed by atoms with Crippen molar-refractivity contribution >= 4 is 10.0 Å². The van der Waals surface area contributed by atoms with Gasteiger partial charge in [0.15, 0.2) is 0 Å². The molecule has 2 saturated heterocycles. The van der Waals surface area contributed by atoms with Gasteiger partial charge in [-0.15, -0.1) is 0 Å². The molecule has 2 aromatic heterocycles. The number of aromatic nitrogens is 4. The summed E-state index contributed by atoms with van der Waals surface area (Å²) in [7, 11) is -3.51. The van der Waals surface area contributed by atoms with E-state index in [4.69, 9.17) is 4.74 Å². The molecule has 0 bridgehead atoms. The molecule has 2 atom stereocenters. The summed E-state index contributed by atoms with van der Waals surface area (Å²) in [4.78, 5) is 11.5. The largest absolute Gasteiger partial charge is 0.472 e. The Bertz CT molecular complexity index is 972. The molecule has 2 aromatic rings. The molecule has 5 rings (SSSR count). The van der Waals surface area contributed by atoms with E-state index in [0.29, 0.717) is 38.0 Å². The summed E-state index contributed by atoms with van der Waals surface area (Å²) in [5.41, 5.74) is 1.05. The molecule has 1 saturated carbocycles. The molecule has 0 N–H and O–H groups in total. The lowest BCUT2D eigenvalue weighted by molar-refractivity contribution is 0.151. The van der Waals surface area contributed by atoms with Crippen LogP contribution in [0.4, 0.5) is 0 Å². The predicted molar refractivity (Wildman–Crippen MR) is 105 cm³/mol. The van der Waals surface area contributed by atoms with Gasteiger partial charge in [-0.25, -0.2) is 13.4 Å². The lowest BCUT2D eigenvalue weighted by atomic mass is 10.2. The molecule has 3 aliphatic rings. The fourth-order valence-corrected chi connectivity index (χ4v) is 5.64. The zero-order chi connectivity index (χ0) is 20.0. The van der Waals surface area contributed by atoms with E-state index in [-0.39, 0.29) is 17.0 Å². The highest BCUT2D eigenvalue weighted by Gasteiger charge is 2.41. The number of fused-ring (bicyclic) bond motifs is 1. The van der Waals surface area contributed by atoms with Crippen LogP contribution in [-0.2, 0) is 16.6 Å². The van der Waals surface area contributed by atoms with Crippen molar-refractivity contribution in [2.45, 2.75) is 55.7 Å². The number of piperazine rings is 1. The summed E-state index contributed by atoms with van der Waals surface area (Å²) in [6.07, 6.45) is 9.77. The third-order valence-electron chi connectivity index (χ3n) is 6.04. The smallest absolute Gasteiger partial charge is 0.246 e. The molecule has 29 heavy (non-hydrogen) atoms. The van der Waals surface area contributed by atoms with Crippen LogP contribution in [-0.4, -0.2) is 75.7 Å². The Kier molecular flexibility index (Phi) is 4.79. The maximum Gasteiger partial charge on any atom is 0.246 e. The second-order valence-corrected chi connectivity index (χ2v) is 10.0. The van der Waals surface area contributed by atoms with Crippen LogP contribution < -0.4 is 4.74 Å². The number of hydrogen-bond acceptors (Lipinski definition) is 7. The third kappa shape index (κ3) is 3.76. The fraction of sp³-hybridized carbons (Fsp3) is 0.632. The first-order chi connectivity index (χ1) is 14.0. The van der Waals surface area contributed by atoms with E-state index in [1.807, 2.05) is 13.1 Å². The first kappa shape index (κ1) is 19.0. The molecule has 1 aliphatic carbocycles. The van der Waals surface area contributed by atoms with Gasteiger partial charge in [-0.05, 0) is 19.8 Å². The van der Waals surface area contributed by atoms with E-state index in [1.165, 1.54) is 19.0 Å². The average Bonchev–Trinajstić information content (AvgIpc) is 3.31. The van der Waals surface area contributed by atoms with Crippen molar-refractivity contribution in [1.29, 1.82) is 0 Å². The van der Waals surface area contributed by atoms with Crippen molar-refractivity contribution in [2.75, 3.05) is 26.2 Å². The van der Waals surface area contributed by atoms with Crippen LogP contribution in [0.3, 0.4) is 0 Å². The van der Waals surface area contributed by atoms with Crippen molar-refractivity contribution in [3.8, 4) is 5.88 Å². The lowest BCUT2D eigenvalue weighted by Gasteiger charge is -2.36. The Morgan fingerprint density at radius 3 is 2.69 bits per heavy atom. The number of nitrogens with zero attached hydrogens (tertiary/aromatic N) is 6. The topological polar surface area (TPSA) is 93.5 Å². The Labute approximate surface area is 170 Å². The average molecular weight is 419 g/mol. The molecular weight excluding hydrogens is 392 g/mol. The van der Waals surface area contributed by atoms with Gasteiger partial charge in [-0.1, -0.05) is 0 Å². The minimum Gasteiger partial charge on any atom is -0.472 e. The number of sulfonamides is 1. The number of rotatable bonds is 6. The molecular formula is C19H26N6O3S. The van der Waals surface area contributed by atoms with E-state index in [0.717, 1.165) is 18.7 Å². The van der Waals surface area contributed by atoms with Crippen molar-refractivity contribution < 1.29 is 13.2 Å². The minimum atomic E-state index is -3.51. The van der Waals surface area contributed by atoms with Crippen LogP contribution in [0.5, 0.6) is 5.88 Å². The summed E-state index contributed by atoms with van der Waals surface area (Å²) in [6, 6.07) is 0.156. The molecule has 4 heterocycles. The van der Waals surface area contributed by atoms with Gasteiger partial charge in [0.05, 0.1) is 24.3 Å². The van der Waals surface area contributed by atoms with Gasteiger partial charge < -0.3 is 4.74 Å². The number of hydrogen-bond donors (Lipinski definition) is 0. The molecule has 2 aliphatic heterocycles. The van der Waals surface area contributed by atoms with Crippen LogP contribution >= 0.6 is 0 Å². The van der Waals surface area contributed by atoms with E-state index >= 15 is 0 Å². The van der Waals surface area contributed by atoms with Gasteiger partial charge in [-0.3, -0.25) is 14.6 Å². The molecule has 10 heteroatoms. The van der Waals surface area contributed by atoms with Crippen molar-refractivity contribution in [3.05, 3.63) is 30.5 Å². The van der Waals surface area contributed by atoms with Crippen molar-refractivity contribution in [1.82, 2.24) is 29.0 Å². The number of ether oxygens (including phenoxy) is 1. The quantitative estimate of drug-likeness (QED) is 0.693. The molecule has 0 spiro atoms. The van der Waals surface area contributed by atoms with Crippen LogP contribution in [0.2, 0.25) is 0 Å². The van der Waals surface area contributed by atoms with E-state index < -0.39 is 10.0 Å². The highest BCUT2D eigenvalue weighted by atomic mass is 32.2. The summed E-state index contributed by atoms with van der Waals surface area (Å²) in [5.74, 6) is 1.13. The highest BCUT2D eigenvalue weighted by Crippen LogP contribution is 2.38. The zero-order valence-electron chi connectivity index (χ0n) is 16.5. The highest BCUT2D eigenvalue weighted by molar-refractivity contribution is 7.89. The van der Waals surface area contributed by atoms with Gasteiger partial charge in [0.2, 0.25) is 15.9 Å². The van der Waals surface area contributed by atoms with Crippen LogP contribution in [0.1, 0.15) is 37.8 Å². The summed E-state index contributed by atoms with van der Waals surface area (Å²) < 4.78 is 35.2. The van der Waals surface area contributed by atoms with Crippen molar-refractivity contribution in [3.63, 3.8) is 0 Å². The Balaban J connectivity index is 1.22. The van der Waals surface area contributed by atoms with Gasteiger partial charge in [0, 0.05) is 57.3 Å². The standard InChI is InChI=1S/C19H26N6O3S/c1-2-24-13-17(8-22-24)29(26,27)25-6-5-23-12-16(7-15(23)11-25)28-19-10-20-18(9-21-19)14-3-4-14/h8-10,13-16H,2-7,11-12H2,1H3/t15-,16+/m0/s1. The SMILES string of the molecule is CCn1cc(S(=O)(=O)N2CCN3C[C@H](Oc4cnc(C5CC5)cn4)C[C@H]3C2)cn1. The predicted octanol–water partition coefficient (Wildman–Crippen LogP) is 1.10. The summed E-state index contributed by atoms with van der Waals surface area (Å²) in [5, 5.41) is 4.11. The number of aryl methyl sites for hydroxylation is 1. The second kappa shape index (κ2) is 7.33. The van der Waals surface area contributed by atoms with E-state index in [9.17, 15) is 8.42 Å². The second-order valence-electron chi connectivity index (χ2n) is 8.07. The third-order valence-corrected chi connectivity index (χ3v) is 7.86.